The summed E-state index contributed by atoms with van der Waals surface area (Å²) in [5, 5.41) is 3.52. The zero-order chi connectivity index (χ0) is 13.0. The predicted molar refractivity (Wildman–Crippen MR) is 75.6 cm³/mol. The van der Waals surface area contributed by atoms with Crippen LogP contribution in [0.15, 0.2) is 12.4 Å². The first-order chi connectivity index (χ1) is 8.60. The van der Waals surface area contributed by atoms with Gasteiger partial charge in [0, 0.05) is 18.3 Å². The summed E-state index contributed by atoms with van der Waals surface area (Å²) in [6, 6.07) is 2.03. The second-order valence-electron chi connectivity index (χ2n) is 6.20. The highest BCUT2D eigenvalue weighted by molar-refractivity contribution is 5.34. The quantitative estimate of drug-likeness (QED) is 0.860. The van der Waals surface area contributed by atoms with Gasteiger partial charge in [-0.25, -0.2) is 9.97 Å². The molecule has 18 heavy (non-hydrogen) atoms. The third-order valence-corrected chi connectivity index (χ3v) is 3.95. The van der Waals surface area contributed by atoms with Crippen molar-refractivity contribution in [1.82, 2.24) is 9.97 Å². The molecule has 0 aromatic carbocycles. The minimum absolute atomic E-state index is 0.493. The fraction of sp³-hybridized carbons (Fsp3) is 0.733. The summed E-state index contributed by atoms with van der Waals surface area (Å²) in [5.41, 5.74) is 1.52. The minimum atomic E-state index is 0.493. The van der Waals surface area contributed by atoms with Gasteiger partial charge in [0.05, 0.1) is 0 Å². The first-order valence-electron chi connectivity index (χ1n) is 7.12. The summed E-state index contributed by atoms with van der Waals surface area (Å²) in [7, 11) is 0. The van der Waals surface area contributed by atoms with E-state index in [1.165, 1.54) is 32.1 Å². The van der Waals surface area contributed by atoms with Crippen LogP contribution in [-0.2, 0) is 0 Å². The lowest BCUT2D eigenvalue weighted by Gasteiger charge is -2.31. The van der Waals surface area contributed by atoms with Crippen molar-refractivity contribution in [3.05, 3.63) is 18.1 Å². The Morgan fingerprint density at radius 1 is 1.28 bits per heavy atom. The minimum Gasteiger partial charge on any atom is -0.369 e. The van der Waals surface area contributed by atoms with Gasteiger partial charge in [-0.2, -0.15) is 0 Å². The monoisotopic (exact) mass is 247 g/mol. The molecule has 1 heterocycles. The molecule has 3 nitrogen and oxygen atoms in total. The van der Waals surface area contributed by atoms with Crippen LogP contribution in [0.25, 0.3) is 0 Å². The van der Waals surface area contributed by atoms with Crippen molar-refractivity contribution in [2.24, 2.45) is 11.3 Å². The highest BCUT2D eigenvalue weighted by Crippen LogP contribution is 2.43. The van der Waals surface area contributed by atoms with Crippen LogP contribution in [0.5, 0.6) is 0 Å². The average Bonchev–Trinajstić information content (AvgIpc) is 2.75. The van der Waals surface area contributed by atoms with Gasteiger partial charge >= 0.3 is 0 Å². The van der Waals surface area contributed by atoms with Crippen molar-refractivity contribution in [3.63, 3.8) is 0 Å². The van der Waals surface area contributed by atoms with Gasteiger partial charge in [-0.05, 0) is 37.5 Å². The Balaban J connectivity index is 1.97. The topological polar surface area (TPSA) is 37.8 Å². The Hall–Kier alpha value is -1.12. The maximum atomic E-state index is 4.29. The van der Waals surface area contributed by atoms with E-state index in [1.54, 1.807) is 6.33 Å². The van der Waals surface area contributed by atoms with E-state index < -0.39 is 0 Å². The van der Waals surface area contributed by atoms with Gasteiger partial charge in [-0.15, -0.1) is 0 Å². The number of nitrogens with one attached hydrogen (secondary N) is 1. The molecule has 1 aromatic rings. The van der Waals surface area contributed by atoms with E-state index in [0.29, 0.717) is 5.41 Å². The second-order valence-corrected chi connectivity index (χ2v) is 6.20. The van der Waals surface area contributed by atoms with Crippen molar-refractivity contribution in [1.29, 1.82) is 0 Å². The van der Waals surface area contributed by atoms with Crippen LogP contribution in [0.2, 0.25) is 0 Å². The van der Waals surface area contributed by atoms with Crippen molar-refractivity contribution in [3.8, 4) is 0 Å². The lowest BCUT2D eigenvalue weighted by atomic mass is 9.78. The van der Waals surface area contributed by atoms with Crippen LogP contribution in [0, 0.1) is 18.3 Å². The normalized spacial score (nSPS) is 18.2. The Kier molecular flexibility index (Phi) is 4.20. The molecule has 1 fully saturated rings. The molecule has 0 spiro atoms. The van der Waals surface area contributed by atoms with Crippen LogP contribution in [0.1, 0.15) is 51.6 Å². The summed E-state index contributed by atoms with van der Waals surface area (Å²) in [6.07, 6.45) is 8.46. The molecule has 0 radical (unpaired) electrons. The molecule has 3 heteroatoms. The molecule has 0 saturated heterocycles. The molecular formula is C15H25N3. The van der Waals surface area contributed by atoms with E-state index in [9.17, 15) is 0 Å². The standard InChI is InChI=1S/C15H25N3/c1-12(2)9-15(6-4-5-7-15)10-16-14-8-13(3)17-11-18-14/h8,11-12H,4-7,9-10H2,1-3H3,(H,16,17,18). The van der Waals surface area contributed by atoms with Crippen LogP contribution in [0.3, 0.4) is 0 Å². The molecule has 1 saturated carbocycles. The Labute approximate surface area is 110 Å². The number of nitrogens with zero attached hydrogens (tertiary/aromatic N) is 2. The Bertz CT molecular complexity index is 381. The number of anilines is 1. The zero-order valence-corrected chi connectivity index (χ0v) is 11.9. The van der Waals surface area contributed by atoms with E-state index in [4.69, 9.17) is 0 Å². The fourth-order valence-electron chi connectivity index (χ4n) is 3.27. The second kappa shape index (κ2) is 5.68. The van der Waals surface area contributed by atoms with Crippen molar-refractivity contribution < 1.29 is 0 Å². The molecule has 2 rings (SSSR count). The van der Waals surface area contributed by atoms with Crippen molar-refractivity contribution in [2.45, 2.75) is 52.9 Å². The number of hydrogen-bond donors (Lipinski definition) is 1. The molecule has 0 atom stereocenters. The van der Waals surface area contributed by atoms with E-state index in [-0.39, 0.29) is 0 Å². The summed E-state index contributed by atoms with van der Waals surface area (Å²) >= 11 is 0. The Morgan fingerprint density at radius 3 is 2.61 bits per heavy atom. The van der Waals surface area contributed by atoms with Crippen molar-refractivity contribution >= 4 is 5.82 Å². The highest BCUT2D eigenvalue weighted by atomic mass is 15.0. The van der Waals surface area contributed by atoms with Gasteiger partial charge in [0.2, 0.25) is 0 Å². The maximum absolute atomic E-state index is 4.29. The van der Waals surface area contributed by atoms with Gasteiger partial charge in [0.15, 0.2) is 0 Å². The number of aromatic nitrogens is 2. The van der Waals surface area contributed by atoms with Crippen LogP contribution in [0.4, 0.5) is 5.82 Å². The molecule has 0 aliphatic heterocycles. The van der Waals surface area contributed by atoms with E-state index in [0.717, 1.165) is 24.0 Å². The lowest BCUT2D eigenvalue weighted by Crippen LogP contribution is -2.28. The molecule has 1 N–H and O–H groups in total. The molecule has 100 valence electrons. The van der Waals surface area contributed by atoms with Crippen LogP contribution in [-0.4, -0.2) is 16.5 Å². The molecule has 0 unspecified atom stereocenters. The summed E-state index contributed by atoms with van der Waals surface area (Å²) < 4.78 is 0. The van der Waals surface area contributed by atoms with Crippen molar-refractivity contribution in [2.75, 3.05) is 11.9 Å². The molecular weight excluding hydrogens is 222 g/mol. The third kappa shape index (κ3) is 3.44. The SMILES string of the molecule is Cc1cc(NCC2(CC(C)C)CCCC2)ncn1. The molecule has 1 aliphatic rings. The molecule has 0 amide bonds. The Morgan fingerprint density at radius 2 is 2.00 bits per heavy atom. The molecule has 1 aliphatic carbocycles. The van der Waals surface area contributed by atoms with Gasteiger partial charge in [0.25, 0.3) is 0 Å². The average molecular weight is 247 g/mol. The van der Waals surface area contributed by atoms with Crippen LogP contribution < -0.4 is 5.32 Å². The van der Waals surface area contributed by atoms with E-state index >= 15 is 0 Å². The predicted octanol–water partition coefficient (Wildman–Crippen LogP) is 3.80. The van der Waals surface area contributed by atoms with E-state index in [2.05, 4.69) is 29.1 Å². The molecule has 1 aromatic heterocycles. The maximum Gasteiger partial charge on any atom is 0.129 e. The van der Waals surface area contributed by atoms with Gasteiger partial charge in [0.1, 0.15) is 12.1 Å². The van der Waals surface area contributed by atoms with E-state index in [1.807, 2.05) is 13.0 Å². The molecule has 0 bridgehead atoms. The van der Waals surface area contributed by atoms with Crippen LogP contribution >= 0.6 is 0 Å². The van der Waals surface area contributed by atoms with Gasteiger partial charge < -0.3 is 5.32 Å². The van der Waals surface area contributed by atoms with Gasteiger partial charge in [-0.1, -0.05) is 26.7 Å². The zero-order valence-electron chi connectivity index (χ0n) is 11.9. The summed E-state index contributed by atoms with van der Waals surface area (Å²) in [6.45, 7) is 7.72. The first-order valence-corrected chi connectivity index (χ1v) is 7.12. The number of aryl methyl sites for hydroxylation is 1. The lowest BCUT2D eigenvalue weighted by molar-refractivity contribution is 0.252. The highest BCUT2D eigenvalue weighted by Gasteiger charge is 2.34. The third-order valence-electron chi connectivity index (χ3n) is 3.95. The first kappa shape index (κ1) is 13.3. The number of hydrogen-bond acceptors (Lipinski definition) is 3. The fourth-order valence-corrected chi connectivity index (χ4v) is 3.27. The largest absolute Gasteiger partial charge is 0.369 e. The smallest absolute Gasteiger partial charge is 0.129 e. The van der Waals surface area contributed by atoms with Gasteiger partial charge in [-0.3, -0.25) is 0 Å². The number of rotatable bonds is 5. The summed E-state index contributed by atoms with van der Waals surface area (Å²) in [4.78, 5) is 8.42. The summed E-state index contributed by atoms with van der Waals surface area (Å²) in [5.74, 6) is 1.74.